The van der Waals surface area contributed by atoms with Crippen LogP contribution >= 0.6 is 0 Å². The number of ether oxygens (including phenoxy) is 1. The van der Waals surface area contributed by atoms with Crippen LogP contribution in [0.15, 0.2) is 24.3 Å². The zero-order valence-corrected chi connectivity index (χ0v) is 12.9. The lowest BCUT2D eigenvalue weighted by atomic mass is 10.1. The number of hydrogen-bond donors (Lipinski definition) is 2. The summed E-state index contributed by atoms with van der Waals surface area (Å²) in [5.74, 6) is 6.51. The Kier molecular flexibility index (Phi) is 6.98. The molecular weight excluding hydrogens is 276 g/mol. The number of rotatable bonds is 9. The van der Waals surface area contributed by atoms with E-state index < -0.39 is 9.84 Å². The molecule has 0 amide bonds. The second-order valence-corrected chi connectivity index (χ2v) is 7.35. The maximum Gasteiger partial charge on any atom is 0.147 e. The Morgan fingerprint density at radius 1 is 1.35 bits per heavy atom. The van der Waals surface area contributed by atoms with Crippen molar-refractivity contribution < 1.29 is 13.2 Å². The molecule has 1 unspecified atom stereocenters. The number of aryl methyl sites for hydroxylation is 1. The zero-order chi connectivity index (χ0) is 15.0. The number of sulfone groups is 1. The lowest BCUT2D eigenvalue weighted by Gasteiger charge is -2.16. The van der Waals surface area contributed by atoms with Gasteiger partial charge in [-0.15, -0.1) is 0 Å². The summed E-state index contributed by atoms with van der Waals surface area (Å²) in [4.78, 5) is 0. The van der Waals surface area contributed by atoms with E-state index in [-0.39, 0.29) is 11.8 Å². The molecule has 1 atom stereocenters. The van der Waals surface area contributed by atoms with Gasteiger partial charge in [-0.1, -0.05) is 12.1 Å². The average Bonchev–Trinajstić information content (AvgIpc) is 2.35. The highest BCUT2D eigenvalue weighted by Gasteiger charge is 2.09. The minimum absolute atomic E-state index is 0.0709. The first-order chi connectivity index (χ1) is 9.40. The molecule has 0 spiro atoms. The lowest BCUT2D eigenvalue weighted by Crippen LogP contribution is -2.36. The normalized spacial score (nSPS) is 13.2. The van der Waals surface area contributed by atoms with Gasteiger partial charge in [-0.3, -0.25) is 11.3 Å². The van der Waals surface area contributed by atoms with Crippen LogP contribution in [0.1, 0.15) is 24.8 Å². The minimum Gasteiger partial charge on any atom is -0.494 e. The molecule has 0 saturated carbocycles. The van der Waals surface area contributed by atoms with Gasteiger partial charge in [0.2, 0.25) is 0 Å². The van der Waals surface area contributed by atoms with E-state index in [2.05, 4.69) is 5.43 Å². The van der Waals surface area contributed by atoms with Crippen LogP contribution in [0.5, 0.6) is 5.75 Å². The van der Waals surface area contributed by atoms with Crippen LogP contribution in [0.3, 0.4) is 0 Å². The Hall–Kier alpha value is -1.11. The van der Waals surface area contributed by atoms with E-state index >= 15 is 0 Å². The van der Waals surface area contributed by atoms with Gasteiger partial charge in [-0.25, -0.2) is 8.42 Å². The van der Waals surface area contributed by atoms with Crippen molar-refractivity contribution in [3.63, 3.8) is 0 Å². The SMILES string of the molecule is Cc1cccc(OCCC(CCCS(C)(=O)=O)NN)c1. The molecule has 0 aromatic heterocycles. The standard InChI is InChI=1S/C14H24N2O3S/c1-12-5-3-7-14(11-12)19-9-8-13(16-15)6-4-10-20(2,17)18/h3,5,7,11,13,16H,4,6,8-10,15H2,1-2H3. The van der Waals surface area contributed by atoms with Gasteiger partial charge >= 0.3 is 0 Å². The average molecular weight is 300 g/mol. The molecule has 20 heavy (non-hydrogen) atoms. The van der Waals surface area contributed by atoms with Crippen molar-refractivity contribution in [2.75, 3.05) is 18.6 Å². The summed E-state index contributed by atoms with van der Waals surface area (Å²) in [5.41, 5.74) is 3.87. The first kappa shape index (κ1) is 16.9. The monoisotopic (exact) mass is 300 g/mol. The molecule has 0 saturated heterocycles. The number of benzene rings is 1. The number of hydrazine groups is 1. The van der Waals surface area contributed by atoms with E-state index in [0.29, 0.717) is 13.0 Å². The quantitative estimate of drug-likeness (QED) is 0.532. The van der Waals surface area contributed by atoms with E-state index in [1.54, 1.807) is 0 Å². The molecule has 114 valence electrons. The van der Waals surface area contributed by atoms with E-state index in [1.165, 1.54) is 6.26 Å². The van der Waals surface area contributed by atoms with Crippen LogP contribution in [0.4, 0.5) is 0 Å². The Labute approximate surface area is 121 Å². The molecular formula is C14H24N2O3S. The van der Waals surface area contributed by atoms with Crippen LogP contribution in [0.2, 0.25) is 0 Å². The summed E-state index contributed by atoms with van der Waals surface area (Å²) < 4.78 is 27.8. The number of nitrogens with one attached hydrogen (secondary N) is 1. The lowest BCUT2D eigenvalue weighted by molar-refractivity contribution is 0.281. The Morgan fingerprint density at radius 3 is 2.70 bits per heavy atom. The van der Waals surface area contributed by atoms with Gasteiger partial charge < -0.3 is 4.74 Å². The molecule has 1 aromatic carbocycles. The maximum atomic E-state index is 11.1. The van der Waals surface area contributed by atoms with E-state index in [9.17, 15) is 8.42 Å². The molecule has 0 fully saturated rings. The van der Waals surface area contributed by atoms with Crippen molar-refractivity contribution >= 4 is 9.84 Å². The van der Waals surface area contributed by atoms with Crippen LogP contribution < -0.4 is 16.0 Å². The van der Waals surface area contributed by atoms with Gasteiger partial charge in [0.25, 0.3) is 0 Å². The zero-order valence-electron chi connectivity index (χ0n) is 12.1. The smallest absolute Gasteiger partial charge is 0.147 e. The fraction of sp³-hybridized carbons (Fsp3) is 0.571. The Morgan fingerprint density at radius 2 is 2.10 bits per heavy atom. The minimum atomic E-state index is -2.90. The van der Waals surface area contributed by atoms with Gasteiger partial charge in [0.1, 0.15) is 15.6 Å². The molecule has 5 nitrogen and oxygen atoms in total. The summed E-state index contributed by atoms with van der Waals surface area (Å²) >= 11 is 0. The predicted molar refractivity (Wildman–Crippen MR) is 81.3 cm³/mol. The van der Waals surface area contributed by atoms with Crippen LogP contribution in [0.25, 0.3) is 0 Å². The van der Waals surface area contributed by atoms with Crippen LogP contribution in [-0.2, 0) is 9.84 Å². The number of hydrogen-bond acceptors (Lipinski definition) is 5. The Bertz CT molecular complexity index is 503. The predicted octanol–water partition coefficient (Wildman–Crippen LogP) is 1.42. The highest BCUT2D eigenvalue weighted by Crippen LogP contribution is 2.13. The Balaban J connectivity index is 2.27. The summed E-state index contributed by atoms with van der Waals surface area (Å²) in [7, 11) is -2.90. The summed E-state index contributed by atoms with van der Waals surface area (Å²) in [5, 5.41) is 0. The molecule has 0 heterocycles. The largest absolute Gasteiger partial charge is 0.494 e. The summed E-state index contributed by atoms with van der Waals surface area (Å²) in [6.45, 7) is 2.57. The van der Waals surface area contributed by atoms with Crippen molar-refractivity contribution in [1.29, 1.82) is 0 Å². The van der Waals surface area contributed by atoms with Gasteiger partial charge in [-0.2, -0.15) is 0 Å². The van der Waals surface area contributed by atoms with Crippen molar-refractivity contribution in [1.82, 2.24) is 5.43 Å². The highest BCUT2D eigenvalue weighted by atomic mass is 32.2. The molecule has 0 aliphatic rings. The van der Waals surface area contributed by atoms with Crippen molar-refractivity contribution in [3.05, 3.63) is 29.8 Å². The summed E-state index contributed by atoms with van der Waals surface area (Å²) in [6.07, 6.45) is 3.33. The van der Waals surface area contributed by atoms with E-state index in [4.69, 9.17) is 10.6 Å². The van der Waals surface area contributed by atoms with Crippen molar-refractivity contribution in [2.24, 2.45) is 5.84 Å². The van der Waals surface area contributed by atoms with Gasteiger partial charge in [0.15, 0.2) is 0 Å². The molecule has 0 aliphatic heterocycles. The third kappa shape index (κ3) is 7.47. The maximum absolute atomic E-state index is 11.1. The molecule has 6 heteroatoms. The van der Waals surface area contributed by atoms with Gasteiger partial charge in [0, 0.05) is 18.1 Å². The summed E-state index contributed by atoms with van der Waals surface area (Å²) in [6, 6.07) is 7.94. The molecule has 1 aromatic rings. The van der Waals surface area contributed by atoms with Crippen LogP contribution in [0, 0.1) is 6.92 Å². The molecule has 0 radical (unpaired) electrons. The number of nitrogens with two attached hydrogens (primary N) is 1. The topological polar surface area (TPSA) is 81.4 Å². The fourth-order valence-electron chi connectivity index (χ4n) is 1.93. The molecule has 0 bridgehead atoms. The second-order valence-electron chi connectivity index (χ2n) is 5.09. The third-order valence-electron chi connectivity index (χ3n) is 3.03. The van der Waals surface area contributed by atoms with E-state index in [0.717, 1.165) is 24.2 Å². The van der Waals surface area contributed by atoms with Gasteiger partial charge in [0.05, 0.1) is 6.61 Å². The van der Waals surface area contributed by atoms with Crippen molar-refractivity contribution in [3.8, 4) is 5.75 Å². The first-order valence-electron chi connectivity index (χ1n) is 6.74. The third-order valence-corrected chi connectivity index (χ3v) is 4.06. The molecule has 0 aliphatic carbocycles. The second kappa shape index (κ2) is 8.24. The van der Waals surface area contributed by atoms with Gasteiger partial charge in [-0.05, 0) is 43.9 Å². The fourth-order valence-corrected chi connectivity index (χ4v) is 2.62. The molecule has 1 rings (SSSR count). The molecule has 3 N–H and O–H groups in total. The first-order valence-corrected chi connectivity index (χ1v) is 8.80. The van der Waals surface area contributed by atoms with Crippen LogP contribution in [-0.4, -0.2) is 33.1 Å². The van der Waals surface area contributed by atoms with E-state index in [1.807, 2.05) is 31.2 Å². The highest BCUT2D eigenvalue weighted by molar-refractivity contribution is 7.90. The van der Waals surface area contributed by atoms with Crippen molar-refractivity contribution in [2.45, 2.75) is 32.2 Å².